The second-order valence-corrected chi connectivity index (χ2v) is 6.64. The molecule has 0 bridgehead atoms. The molecule has 0 aromatic heterocycles. The van der Waals surface area contributed by atoms with Crippen LogP contribution >= 0.6 is 0 Å². The summed E-state index contributed by atoms with van der Waals surface area (Å²) in [6.45, 7) is 5.17. The SMILES string of the molecule is Cc1ccc(S(=O)(=O)N2CCCCC2)c(C)c1. The summed E-state index contributed by atoms with van der Waals surface area (Å²) in [5.41, 5.74) is 1.94. The van der Waals surface area contributed by atoms with Gasteiger partial charge in [-0.3, -0.25) is 0 Å². The highest BCUT2D eigenvalue weighted by Crippen LogP contribution is 2.23. The molecule has 0 radical (unpaired) electrons. The summed E-state index contributed by atoms with van der Waals surface area (Å²) >= 11 is 0. The summed E-state index contributed by atoms with van der Waals surface area (Å²) < 4.78 is 26.5. The Morgan fingerprint density at radius 3 is 2.29 bits per heavy atom. The summed E-state index contributed by atoms with van der Waals surface area (Å²) in [6.07, 6.45) is 3.09. The van der Waals surface area contributed by atoms with Crippen LogP contribution < -0.4 is 0 Å². The molecule has 2 rings (SSSR count). The van der Waals surface area contributed by atoms with Crippen LogP contribution in [0.25, 0.3) is 0 Å². The molecule has 3 nitrogen and oxygen atoms in total. The Balaban J connectivity index is 2.37. The average Bonchev–Trinajstić information content (AvgIpc) is 2.29. The third-order valence-corrected chi connectivity index (χ3v) is 5.32. The van der Waals surface area contributed by atoms with Crippen molar-refractivity contribution in [3.63, 3.8) is 0 Å². The molecule has 1 aliphatic rings. The van der Waals surface area contributed by atoms with E-state index in [-0.39, 0.29) is 0 Å². The molecule has 0 spiro atoms. The van der Waals surface area contributed by atoms with E-state index in [0.29, 0.717) is 18.0 Å². The van der Waals surface area contributed by atoms with Crippen molar-refractivity contribution in [3.8, 4) is 0 Å². The van der Waals surface area contributed by atoms with Crippen LogP contribution in [0.15, 0.2) is 23.1 Å². The first-order valence-corrected chi connectivity index (χ1v) is 7.53. The molecular formula is C13H19NO2S. The maximum Gasteiger partial charge on any atom is 0.243 e. The van der Waals surface area contributed by atoms with Crippen LogP contribution in [0.1, 0.15) is 30.4 Å². The minimum atomic E-state index is -3.28. The highest BCUT2D eigenvalue weighted by atomic mass is 32.2. The second kappa shape index (κ2) is 4.78. The summed E-state index contributed by atoms with van der Waals surface area (Å²) in [5.74, 6) is 0. The lowest BCUT2D eigenvalue weighted by Crippen LogP contribution is -2.35. The largest absolute Gasteiger partial charge is 0.243 e. The molecule has 17 heavy (non-hydrogen) atoms. The van der Waals surface area contributed by atoms with Crippen molar-refractivity contribution in [1.29, 1.82) is 0 Å². The zero-order valence-corrected chi connectivity index (χ0v) is 11.3. The normalized spacial score (nSPS) is 18.2. The predicted octanol–water partition coefficient (Wildman–Crippen LogP) is 2.48. The number of hydrogen-bond donors (Lipinski definition) is 0. The molecule has 1 aliphatic heterocycles. The molecule has 0 atom stereocenters. The van der Waals surface area contributed by atoms with Crippen LogP contribution in [0.2, 0.25) is 0 Å². The number of aryl methyl sites for hydroxylation is 2. The van der Waals surface area contributed by atoms with E-state index in [2.05, 4.69) is 0 Å². The maximum atomic E-state index is 12.4. The smallest absolute Gasteiger partial charge is 0.207 e. The van der Waals surface area contributed by atoms with Crippen molar-refractivity contribution in [3.05, 3.63) is 29.3 Å². The maximum absolute atomic E-state index is 12.4. The molecule has 1 fully saturated rings. The van der Waals surface area contributed by atoms with Crippen molar-refractivity contribution in [2.24, 2.45) is 0 Å². The van der Waals surface area contributed by atoms with Gasteiger partial charge in [-0.25, -0.2) is 8.42 Å². The van der Waals surface area contributed by atoms with Gasteiger partial charge in [0, 0.05) is 13.1 Å². The lowest BCUT2D eigenvalue weighted by Gasteiger charge is -2.26. The first-order chi connectivity index (χ1) is 8.01. The van der Waals surface area contributed by atoms with Crippen LogP contribution in [0.5, 0.6) is 0 Å². The Morgan fingerprint density at radius 1 is 1.06 bits per heavy atom. The van der Waals surface area contributed by atoms with Crippen molar-refractivity contribution in [1.82, 2.24) is 4.31 Å². The van der Waals surface area contributed by atoms with Gasteiger partial charge < -0.3 is 0 Å². The fraction of sp³-hybridized carbons (Fsp3) is 0.538. The lowest BCUT2D eigenvalue weighted by molar-refractivity contribution is 0.346. The zero-order valence-electron chi connectivity index (χ0n) is 10.4. The Hall–Kier alpha value is -0.870. The van der Waals surface area contributed by atoms with E-state index in [1.54, 1.807) is 10.4 Å². The number of rotatable bonds is 2. The molecule has 0 unspecified atom stereocenters. The minimum Gasteiger partial charge on any atom is -0.207 e. The second-order valence-electron chi connectivity index (χ2n) is 4.73. The van der Waals surface area contributed by atoms with Crippen LogP contribution in [0, 0.1) is 13.8 Å². The van der Waals surface area contributed by atoms with Crippen molar-refractivity contribution < 1.29 is 8.42 Å². The highest BCUT2D eigenvalue weighted by Gasteiger charge is 2.26. The van der Waals surface area contributed by atoms with Gasteiger partial charge in [-0.2, -0.15) is 4.31 Å². The molecule has 1 aromatic rings. The zero-order chi connectivity index (χ0) is 12.5. The Morgan fingerprint density at radius 2 is 1.71 bits per heavy atom. The first-order valence-electron chi connectivity index (χ1n) is 6.09. The quantitative estimate of drug-likeness (QED) is 0.812. The summed E-state index contributed by atoms with van der Waals surface area (Å²) in [4.78, 5) is 0.463. The fourth-order valence-corrected chi connectivity index (χ4v) is 4.06. The number of sulfonamides is 1. The van der Waals surface area contributed by atoms with Gasteiger partial charge in [0.25, 0.3) is 0 Å². The van der Waals surface area contributed by atoms with Crippen LogP contribution in [-0.4, -0.2) is 25.8 Å². The van der Waals surface area contributed by atoms with Crippen LogP contribution in [0.4, 0.5) is 0 Å². The van der Waals surface area contributed by atoms with E-state index in [4.69, 9.17) is 0 Å². The number of benzene rings is 1. The average molecular weight is 253 g/mol. The summed E-state index contributed by atoms with van der Waals surface area (Å²) in [6, 6.07) is 5.52. The monoisotopic (exact) mass is 253 g/mol. The Bertz CT molecular complexity index is 502. The Labute approximate surface area is 104 Å². The molecule has 0 aliphatic carbocycles. The topological polar surface area (TPSA) is 37.4 Å². The molecule has 94 valence electrons. The van der Waals surface area contributed by atoms with Crippen LogP contribution in [0.3, 0.4) is 0 Å². The predicted molar refractivity (Wildman–Crippen MR) is 68.5 cm³/mol. The summed E-state index contributed by atoms with van der Waals surface area (Å²) in [5, 5.41) is 0. The molecule has 0 N–H and O–H groups in total. The van der Waals surface area contributed by atoms with E-state index in [1.807, 2.05) is 26.0 Å². The molecular weight excluding hydrogens is 234 g/mol. The first kappa shape index (κ1) is 12.6. The van der Waals surface area contributed by atoms with E-state index in [0.717, 1.165) is 30.4 Å². The van der Waals surface area contributed by atoms with Gasteiger partial charge >= 0.3 is 0 Å². The molecule has 0 saturated carbocycles. The minimum absolute atomic E-state index is 0.463. The number of hydrogen-bond acceptors (Lipinski definition) is 2. The van der Waals surface area contributed by atoms with Gasteiger partial charge in [0.2, 0.25) is 10.0 Å². The van der Waals surface area contributed by atoms with Gasteiger partial charge in [-0.1, -0.05) is 24.1 Å². The highest BCUT2D eigenvalue weighted by molar-refractivity contribution is 7.89. The van der Waals surface area contributed by atoms with Crippen molar-refractivity contribution >= 4 is 10.0 Å². The standard InChI is InChI=1S/C13H19NO2S/c1-11-6-7-13(12(2)10-11)17(15,16)14-8-4-3-5-9-14/h6-7,10H,3-5,8-9H2,1-2H3. The van der Waals surface area contributed by atoms with E-state index in [1.165, 1.54) is 0 Å². The van der Waals surface area contributed by atoms with Gasteiger partial charge in [-0.15, -0.1) is 0 Å². The Kier molecular flexibility index (Phi) is 3.54. The van der Waals surface area contributed by atoms with Gasteiger partial charge in [-0.05, 0) is 38.3 Å². The molecule has 0 amide bonds. The molecule has 1 aromatic carbocycles. The van der Waals surface area contributed by atoms with Gasteiger partial charge in [0.05, 0.1) is 4.90 Å². The number of nitrogens with zero attached hydrogens (tertiary/aromatic N) is 1. The number of piperidine rings is 1. The third-order valence-electron chi connectivity index (χ3n) is 3.26. The fourth-order valence-electron chi connectivity index (χ4n) is 2.33. The van der Waals surface area contributed by atoms with E-state index >= 15 is 0 Å². The third kappa shape index (κ3) is 2.53. The molecule has 4 heteroatoms. The van der Waals surface area contributed by atoms with E-state index in [9.17, 15) is 8.42 Å². The summed E-state index contributed by atoms with van der Waals surface area (Å²) in [7, 11) is -3.28. The van der Waals surface area contributed by atoms with Gasteiger partial charge in [0.1, 0.15) is 0 Å². The molecule has 1 heterocycles. The molecule has 1 saturated heterocycles. The van der Waals surface area contributed by atoms with Crippen LogP contribution in [-0.2, 0) is 10.0 Å². The van der Waals surface area contributed by atoms with Crippen molar-refractivity contribution in [2.45, 2.75) is 38.0 Å². The lowest BCUT2D eigenvalue weighted by atomic mass is 10.2. The van der Waals surface area contributed by atoms with E-state index < -0.39 is 10.0 Å². The van der Waals surface area contributed by atoms with Gasteiger partial charge in [0.15, 0.2) is 0 Å². The van der Waals surface area contributed by atoms with Crippen molar-refractivity contribution in [2.75, 3.05) is 13.1 Å².